The molecule has 1 saturated heterocycles. The van der Waals surface area contributed by atoms with Gasteiger partial charge in [0.1, 0.15) is 6.33 Å². The Morgan fingerprint density at radius 2 is 1.85 bits per heavy atom. The van der Waals surface area contributed by atoms with Crippen LogP contribution in [0.4, 0.5) is 5.95 Å². The minimum atomic E-state index is -0.147. The number of carbonyl (C=O) groups excluding carboxylic acids is 1. The third kappa shape index (κ3) is 2.48. The molecular formula is C18H22N6O2. The Morgan fingerprint density at radius 3 is 2.50 bits per heavy atom. The van der Waals surface area contributed by atoms with Crippen molar-refractivity contribution in [2.75, 3.05) is 18.8 Å². The maximum absolute atomic E-state index is 13.0. The molecular weight excluding hydrogens is 332 g/mol. The lowest BCUT2D eigenvalue weighted by atomic mass is 9.76. The molecule has 3 heterocycles. The predicted octanol–water partition coefficient (Wildman–Crippen LogP) is 0.879. The first-order chi connectivity index (χ1) is 12.4. The lowest BCUT2D eigenvalue weighted by Crippen LogP contribution is -2.45. The second-order valence-corrected chi connectivity index (χ2v) is 7.27. The average Bonchev–Trinajstić information content (AvgIpc) is 2.94. The molecule has 136 valence electrons. The Morgan fingerprint density at radius 1 is 1.19 bits per heavy atom. The molecule has 26 heavy (non-hydrogen) atoms. The minimum absolute atomic E-state index is 0.0212. The number of aromatic nitrogens is 4. The summed E-state index contributed by atoms with van der Waals surface area (Å²) >= 11 is 0. The summed E-state index contributed by atoms with van der Waals surface area (Å²) in [5, 5.41) is 0. The van der Waals surface area contributed by atoms with Gasteiger partial charge in [-0.05, 0) is 39.5 Å². The monoisotopic (exact) mass is 354 g/mol. The van der Waals surface area contributed by atoms with Crippen molar-refractivity contribution in [1.82, 2.24) is 24.8 Å². The second-order valence-electron chi connectivity index (χ2n) is 7.27. The summed E-state index contributed by atoms with van der Waals surface area (Å²) in [6.07, 6.45) is 4.66. The van der Waals surface area contributed by atoms with E-state index in [-0.39, 0.29) is 22.8 Å². The summed E-state index contributed by atoms with van der Waals surface area (Å²) in [7, 11) is 0. The van der Waals surface area contributed by atoms with E-state index in [2.05, 4.69) is 19.9 Å². The molecule has 0 radical (unpaired) electrons. The Balaban J connectivity index is 1.58. The molecule has 2 aromatic heterocycles. The standard InChI is InChI=1S/C18H22N6O2/c1-10-13(11(2)21-9-20-10)16(26)24-7-5-18(6-8-24)4-3-12-14(18)22-17(19)23-15(12)25/h9H,3-8H2,1-2H3,(H3,19,22,23,25). The van der Waals surface area contributed by atoms with Crippen molar-refractivity contribution < 1.29 is 4.79 Å². The number of nitrogen functional groups attached to an aromatic ring is 1. The fourth-order valence-corrected chi connectivity index (χ4v) is 4.35. The van der Waals surface area contributed by atoms with Crippen LogP contribution in [0.15, 0.2) is 11.1 Å². The Bertz CT molecular complexity index is 923. The minimum Gasteiger partial charge on any atom is -0.369 e. The third-order valence-electron chi connectivity index (χ3n) is 5.84. The highest BCUT2D eigenvalue weighted by Crippen LogP contribution is 2.44. The number of nitrogens with two attached hydrogens (primary N) is 1. The average molecular weight is 354 g/mol. The van der Waals surface area contributed by atoms with Gasteiger partial charge >= 0.3 is 0 Å². The van der Waals surface area contributed by atoms with Gasteiger partial charge in [-0.25, -0.2) is 15.0 Å². The maximum atomic E-state index is 13.0. The van der Waals surface area contributed by atoms with Crippen LogP contribution in [0.25, 0.3) is 0 Å². The van der Waals surface area contributed by atoms with Crippen molar-refractivity contribution in [3.05, 3.63) is 44.9 Å². The molecule has 0 saturated carbocycles. The summed E-state index contributed by atoms with van der Waals surface area (Å²) in [6, 6.07) is 0. The van der Waals surface area contributed by atoms with Gasteiger partial charge in [0.05, 0.1) is 22.6 Å². The van der Waals surface area contributed by atoms with Crippen LogP contribution in [0.2, 0.25) is 0 Å². The summed E-state index contributed by atoms with van der Waals surface area (Å²) in [4.78, 5) is 42.3. The number of piperidine rings is 1. The molecule has 2 aromatic rings. The number of anilines is 1. The molecule has 8 heteroatoms. The number of aromatic amines is 1. The van der Waals surface area contributed by atoms with Crippen molar-refractivity contribution in [3.8, 4) is 0 Å². The van der Waals surface area contributed by atoms with E-state index >= 15 is 0 Å². The van der Waals surface area contributed by atoms with Gasteiger partial charge in [-0.3, -0.25) is 14.6 Å². The molecule has 1 amide bonds. The van der Waals surface area contributed by atoms with Gasteiger partial charge in [0.15, 0.2) is 0 Å². The van der Waals surface area contributed by atoms with Gasteiger partial charge in [0, 0.05) is 24.1 Å². The molecule has 0 aromatic carbocycles. The van der Waals surface area contributed by atoms with Crippen LogP contribution in [0.3, 0.4) is 0 Å². The number of H-pyrrole nitrogens is 1. The van der Waals surface area contributed by atoms with Crippen molar-refractivity contribution >= 4 is 11.9 Å². The number of fused-ring (bicyclic) bond motifs is 2. The first-order valence-corrected chi connectivity index (χ1v) is 8.88. The van der Waals surface area contributed by atoms with E-state index in [1.807, 2.05) is 18.7 Å². The smallest absolute Gasteiger partial charge is 0.257 e. The predicted molar refractivity (Wildman–Crippen MR) is 95.9 cm³/mol. The fourth-order valence-electron chi connectivity index (χ4n) is 4.35. The molecule has 1 spiro atoms. The van der Waals surface area contributed by atoms with Gasteiger partial charge < -0.3 is 10.6 Å². The Labute approximate surface area is 150 Å². The van der Waals surface area contributed by atoms with Crippen LogP contribution >= 0.6 is 0 Å². The maximum Gasteiger partial charge on any atom is 0.257 e. The van der Waals surface area contributed by atoms with E-state index in [0.717, 1.165) is 36.9 Å². The highest BCUT2D eigenvalue weighted by Gasteiger charge is 2.44. The quantitative estimate of drug-likeness (QED) is 0.785. The summed E-state index contributed by atoms with van der Waals surface area (Å²) in [5.41, 5.74) is 9.07. The zero-order chi connectivity index (χ0) is 18.5. The number of aryl methyl sites for hydroxylation is 2. The van der Waals surface area contributed by atoms with Gasteiger partial charge in [-0.1, -0.05) is 0 Å². The number of carbonyl (C=O) groups is 1. The highest BCUT2D eigenvalue weighted by molar-refractivity contribution is 5.96. The first-order valence-electron chi connectivity index (χ1n) is 8.88. The molecule has 2 aliphatic rings. The van der Waals surface area contributed by atoms with Crippen molar-refractivity contribution in [2.24, 2.45) is 0 Å². The van der Waals surface area contributed by atoms with Gasteiger partial charge in [-0.15, -0.1) is 0 Å². The molecule has 3 N–H and O–H groups in total. The first kappa shape index (κ1) is 16.7. The number of amides is 1. The van der Waals surface area contributed by atoms with Crippen LogP contribution in [0, 0.1) is 13.8 Å². The van der Waals surface area contributed by atoms with Gasteiger partial charge in [0.2, 0.25) is 5.95 Å². The summed E-state index contributed by atoms with van der Waals surface area (Å²) < 4.78 is 0. The Kier molecular flexibility index (Phi) is 3.78. The molecule has 1 aliphatic carbocycles. The van der Waals surface area contributed by atoms with Crippen molar-refractivity contribution in [3.63, 3.8) is 0 Å². The van der Waals surface area contributed by atoms with Crippen molar-refractivity contribution in [2.45, 2.75) is 44.9 Å². The number of rotatable bonds is 1. The van der Waals surface area contributed by atoms with Crippen LogP contribution in [-0.4, -0.2) is 43.8 Å². The molecule has 0 unspecified atom stereocenters. The number of likely N-dealkylation sites (tertiary alicyclic amines) is 1. The number of hydrogen-bond acceptors (Lipinski definition) is 6. The van der Waals surface area contributed by atoms with E-state index in [1.54, 1.807) is 0 Å². The van der Waals surface area contributed by atoms with Crippen LogP contribution in [-0.2, 0) is 11.8 Å². The number of nitrogens with zero attached hydrogens (tertiary/aromatic N) is 4. The second kappa shape index (κ2) is 5.89. The molecule has 1 aliphatic heterocycles. The highest BCUT2D eigenvalue weighted by atomic mass is 16.2. The Hall–Kier alpha value is -2.77. The molecule has 1 fully saturated rings. The van der Waals surface area contributed by atoms with Crippen molar-refractivity contribution in [1.29, 1.82) is 0 Å². The van der Waals surface area contributed by atoms with E-state index in [0.29, 0.717) is 30.0 Å². The third-order valence-corrected chi connectivity index (χ3v) is 5.84. The number of hydrogen-bond donors (Lipinski definition) is 2. The zero-order valence-electron chi connectivity index (χ0n) is 15.0. The molecule has 4 rings (SSSR count). The lowest BCUT2D eigenvalue weighted by Gasteiger charge is -2.39. The van der Waals surface area contributed by atoms with E-state index in [9.17, 15) is 9.59 Å². The van der Waals surface area contributed by atoms with Crippen LogP contribution in [0.5, 0.6) is 0 Å². The lowest BCUT2D eigenvalue weighted by molar-refractivity contribution is 0.0661. The number of nitrogens with one attached hydrogen (secondary N) is 1. The molecule has 8 nitrogen and oxygen atoms in total. The van der Waals surface area contributed by atoms with Crippen LogP contribution < -0.4 is 11.3 Å². The van der Waals surface area contributed by atoms with Crippen LogP contribution in [0.1, 0.15) is 52.3 Å². The molecule has 0 bridgehead atoms. The normalized spacial score (nSPS) is 18.2. The van der Waals surface area contributed by atoms with E-state index in [1.165, 1.54) is 6.33 Å². The van der Waals surface area contributed by atoms with Gasteiger partial charge in [0.25, 0.3) is 11.5 Å². The topological polar surface area (TPSA) is 118 Å². The SMILES string of the molecule is Cc1ncnc(C)c1C(=O)N1CCC2(CCc3c2nc(N)[nH]c3=O)CC1. The summed E-state index contributed by atoms with van der Waals surface area (Å²) in [5.74, 6) is 0.147. The van der Waals surface area contributed by atoms with E-state index in [4.69, 9.17) is 5.73 Å². The summed E-state index contributed by atoms with van der Waals surface area (Å²) in [6.45, 7) is 4.92. The zero-order valence-corrected chi connectivity index (χ0v) is 15.0. The molecule has 0 atom stereocenters. The fraction of sp³-hybridized carbons (Fsp3) is 0.500. The largest absolute Gasteiger partial charge is 0.369 e. The van der Waals surface area contributed by atoms with Gasteiger partial charge in [-0.2, -0.15) is 0 Å². The van der Waals surface area contributed by atoms with E-state index < -0.39 is 0 Å².